The van der Waals surface area contributed by atoms with Crippen LogP contribution in [0.4, 0.5) is 0 Å². The van der Waals surface area contributed by atoms with Crippen LogP contribution >= 0.6 is 0 Å². The molecule has 1 saturated heterocycles. The van der Waals surface area contributed by atoms with Crippen molar-refractivity contribution in [1.29, 1.82) is 0 Å². The Morgan fingerprint density at radius 2 is 2.15 bits per heavy atom. The molecule has 0 unspecified atom stereocenters. The van der Waals surface area contributed by atoms with Crippen molar-refractivity contribution in [2.45, 2.75) is 19.9 Å². The van der Waals surface area contributed by atoms with Gasteiger partial charge in [0.15, 0.2) is 5.69 Å². The monoisotopic (exact) mass is 359 g/mol. The number of amides is 1. The van der Waals surface area contributed by atoms with Crippen molar-refractivity contribution in [3.05, 3.63) is 35.7 Å². The maximum absolute atomic E-state index is 12.5. The average Bonchev–Trinajstić information content (AvgIpc) is 3.08. The van der Waals surface area contributed by atoms with E-state index in [9.17, 15) is 4.79 Å². The van der Waals surface area contributed by atoms with Gasteiger partial charge in [0.2, 0.25) is 0 Å². The SMILES string of the molecule is COc1cccc(-n2nnc(C(=O)NC[C@H](C)N3CCOCC3)c2C)c1. The first kappa shape index (κ1) is 18.3. The van der Waals surface area contributed by atoms with Gasteiger partial charge in [-0.25, -0.2) is 4.68 Å². The summed E-state index contributed by atoms with van der Waals surface area (Å²) in [6.07, 6.45) is 0. The molecule has 2 aromatic rings. The van der Waals surface area contributed by atoms with Gasteiger partial charge < -0.3 is 14.8 Å². The molecule has 0 spiro atoms. The zero-order valence-corrected chi connectivity index (χ0v) is 15.4. The highest BCUT2D eigenvalue weighted by atomic mass is 16.5. The Hall–Kier alpha value is -2.45. The minimum absolute atomic E-state index is 0.211. The second-order valence-corrected chi connectivity index (χ2v) is 6.34. The van der Waals surface area contributed by atoms with Gasteiger partial charge in [0.05, 0.1) is 31.7 Å². The molecule has 26 heavy (non-hydrogen) atoms. The van der Waals surface area contributed by atoms with Crippen LogP contribution in [0, 0.1) is 6.92 Å². The van der Waals surface area contributed by atoms with E-state index in [-0.39, 0.29) is 11.9 Å². The van der Waals surface area contributed by atoms with Crippen LogP contribution in [-0.2, 0) is 4.74 Å². The van der Waals surface area contributed by atoms with Gasteiger partial charge in [0.25, 0.3) is 5.91 Å². The lowest BCUT2D eigenvalue weighted by molar-refractivity contribution is 0.0204. The van der Waals surface area contributed by atoms with Crippen molar-refractivity contribution in [3.8, 4) is 11.4 Å². The van der Waals surface area contributed by atoms with E-state index in [4.69, 9.17) is 9.47 Å². The molecule has 1 aliphatic heterocycles. The fourth-order valence-electron chi connectivity index (χ4n) is 3.00. The quantitative estimate of drug-likeness (QED) is 0.830. The summed E-state index contributed by atoms with van der Waals surface area (Å²) in [5, 5.41) is 11.1. The summed E-state index contributed by atoms with van der Waals surface area (Å²) in [7, 11) is 1.61. The first-order chi connectivity index (χ1) is 12.6. The summed E-state index contributed by atoms with van der Waals surface area (Å²) in [4.78, 5) is 14.8. The Balaban J connectivity index is 1.65. The molecule has 8 nitrogen and oxygen atoms in total. The topological polar surface area (TPSA) is 81.5 Å². The molecule has 8 heteroatoms. The fourth-order valence-corrected chi connectivity index (χ4v) is 3.00. The molecule has 1 aromatic carbocycles. The molecule has 1 aliphatic rings. The Labute approximate surface area is 153 Å². The van der Waals surface area contributed by atoms with Gasteiger partial charge >= 0.3 is 0 Å². The molecule has 1 amide bonds. The van der Waals surface area contributed by atoms with Crippen molar-refractivity contribution < 1.29 is 14.3 Å². The van der Waals surface area contributed by atoms with Crippen molar-refractivity contribution in [2.24, 2.45) is 0 Å². The largest absolute Gasteiger partial charge is 0.497 e. The highest BCUT2D eigenvalue weighted by Crippen LogP contribution is 2.18. The van der Waals surface area contributed by atoms with Crippen LogP contribution in [0.2, 0.25) is 0 Å². The molecule has 1 aromatic heterocycles. The molecule has 1 fully saturated rings. The van der Waals surface area contributed by atoms with Crippen LogP contribution in [-0.4, -0.2) is 71.8 Å². The van der Waals surface area contributed by atoms with E-state index >= 15 is 0 Å². The van der Waals surface area contributed by atoms with Gasteiger partial charge in [-0.3, -0.25) is 9.69 Å². The van der Waals surface area contributed by atoms with E-state index in [1.807, 2.05) is 31.2 Å². The second-order valence-electron chi connectivity index (χ2n) is 6.34. The normalized spacial score (nSPS) is 16.3. The van der Waals surface area contributed by atoms with Gasteiger partial charge in [-0.1, -0.05) is 11.3 Å². The Morgan fingerprint density at radius 1 is 1.38 bits per heavy atom. The van der Waals surface area contributed by atoms with Crippen LogP contribution in [0.1, 0.15) is 23.1 Å². The van der Waals surface area contributed by atoms with Crippen molar-refractivity contribution >= 4 is 5.91 Å². The van der Waals surface area contributed by atoms with E-state index in [1.54, 1.807) is 11.8 Å². The number of benzene rings is 1. The van der Waals surface area contributed by atoms with E-state index in [0.717, 1.165) is 37.7 Å². The number of methoxy groups -OCH3 is 1. The van der Waals surface area contributed by atoms with Crippen LogP contribution in [0.25, 0.3) is 5.69 Å². The number of ether oxygens (including phenoxy) is 2. The number of hydrogen-bond donors (Lipinski definition) is 1. The van der Waals surface area contributed by atoms with E-state index in [0.29, 0.717) is 17.9 Å². The van der Waals surface area contributed by atoms with E-state index < -0.39 is 0 Å². The highest BCUT2D eigenvalue weighted by Gasteiger charge is 2.21. The summed E-state index contributed by atoms with van der Waals surface area (Å²) < 4.78 is 12.2. The molecule has 1 N–H and O–H groups in total. The van der Waals surface area contributed by atoms with Gasteiger partial charge in [-0.05, 0) is 26.0 Å². The number of morpholine rings is 1. The maximum atomic E-state index is 12.5. The molecular formula is C18H25N5O3. The third-order valence-corrected chi connectivity index (χ3v) is 4.63. The predicted molar refractivity (Wildman–Crippen MR) is 96.8 cm³/mol. The number of nitrogens with zero attached hydrogens (tertiary/aromatic N) is 4. The molecule has 2 heterocycles. The lowest BCUT2D eigenvalue weighted by atomic mass is 10.2. The molecule has 0 saturated carbocycles. The highest BCUT2D eigenvalue weighted by molar-refractivity contribution is 5.93. The minimum atomic E-state index is -0.211. The first-order valence-electron chi connectivity index (χ1n) is 8.77. The lowest BCUT2D eigenvalue weighted by Crippen LogP contribution is -2.47. The molecule has 140 valence electrons. The van der Waals surface area contributed by atoms with E-state index in [1.165, 1.54) is 0 Å². The molecule has 0 aliphatic carbocycles. The van der Waals surface area contributed by atoms with Gasteiger partial charge in [0, 0.05) is 31.7 Å². The van der Waals surface area contributed by atoms with Crippen molar-refractivity contribution in [3.63, 3.8) is 0 Å². The smallest absolute Gasteiger partial charge is 0.273 e. The van der Waals surface area contributed by atoms with Crippen LogP contribution < -0.4 is 10.1 Å². The third-order valence-electron chi connectivity index (χ3n) is 4.63. The summed E-state index contributed by atoms with van der Waals surface area (Å²) in [5.41, 5.74) is 1.83. The number of rotatable bonds is 6. The van der Waals surface area contributed by atoms with Crippen molar-refractivity contribution in [1.82, 2.24) is 25.2 Å². The van der Waals surface area contributed by atoms with Gasteiger partial charge in [-0.2, -0.15) is 0 Å². The standard InChI is InChI=1S/C18H25N5O3/c1-13(22-7-9-26-10-8-22)12-19-18(24)17-14(2)23(21-20-17)15-5-4-6-16(11-15)25-3/h4-6,11,13H,7-10,12H2,1-3H3,(H,19,24)/t13-/m0/s1. The number of nitrogens with one attached hydrogen (secondary N) is 1. The van der Waals surface area contributed by atoms with Gasteiger partial charge in [-0.15, -0.1) is 5.10 Å². The molecule has 0 radical (unpaired) electrons. The minimum Gasteiger partial charge on any atom is -0.497 e. The van der Waals surface area contributed by atoms with Crippen LogP contribution in [0.3, 0.4) is 0 Å². The zero-order valence-electron chi connectivity index (χ0n) is 15.4. The summed E-state index contributed by atoms with van der Waals surface area (Å²) in [6.45, 7) is 7.76. The number of hydrogen-bond acceptors (Lipinski definition) is 6. The van der Waals surface area contributed by atoms with Crippen LogP contribution in [0.5, 0.6) is 5.75 Å². The zero-order chi connectivity index (χ0) is 18.5. The molecular weight excluding hydrogens is 334 g/mol. The van der Waals surface area contributed by atoms with Crippen LogP contribution in [0.15, 0.2) is 24.3 Å². The summed E-state index contributed by atoms with van der Waals surface area (Å²) in [5.74, 6) is 0.513. The number of carbonyl (C=O) groups is 1. The molecule has 3 rings (SSSR count). The second kappa shape index (κ2) is 8.29. The Morgan fingerprint density at radius 3 is 2.88 bits per heavy atom. The first-order valence-corrected chi connectivity index (χ1v) is 8.77. The molecule has 1 atom stereocenters. The average molecular weight is 359 g/mol. The predicted octanol–water partition coefficient (Wildman–Crippen LogP) is 1.03. The van der Waals surface area contributed by atoms with E-state index in [2.05, 4.69) is 27.5 Å². The lowest BCUT2D eigenvalue weighted by Gasteiger charge is -2.32. The fraction of sp³-hybridized carbons (Fsp3) is 0.500. The number of carbonyl (C=O) groups excluding carboxylic acids is 1. The maximum Gasteiger partial charge on any atom is 0.273 e. The Bertz CT molecular complexity index is 755. The Kier molecular flexibility index (Phi) is 5.85. The summed E-state index contributed by atoms with van der Waals surface area (Å²) >= 11 is 0. The summed E-state index contributed by atoms with van der Waals surface area (Å²) in [6, 6.07) is 7.72. The van der Waals surface area contributed by atoms with Gasteiger partial charge in [0.1, 0.15) is 5.75 Å². The third kappa shape index (κ3) is 4.03. The van der Waals surface area contributed by atoms with Crippen molar-refractivity contribution in [2.75, 3.05) is 40.0 Å². The number of aromatic nitrogens is 3. The molecule has 0 bridgehead atoms.